The number of amides is 1. The van der Waals surface area contributed by atoms with E-state index >= 15 is 0 Å². The summed E-state index contributed by atoms with van der Waals surface area (Å²) in [6.07, 6.45) is 0. The van der Waals surface area contributed by atoms with Gasteiger partial charge in [-0.1, -0.05) is 12.1 Å². The van der Waals surface area contributed by atoms with Crippen molar-refractivity contribution in [3.8, 4) is 0 Å². The summed E-state index contributed by atoms with van der Waals surface area (Å²) in [6, 6.07) is 10.8. The number of halogens is 1. The average molecular weight is 380 g/mol. The zero-order chi connectivity index (χ0) is 19.3. The molecule has 0 aliphatic carbocycles. The number of nitrogens with one attached hydrogen (secondary N) is 1. The van der Waals surface area contributed by atoms with Gasteiger partial charge in [0.25, 0.3) is 5.91 Å². The third-order valence-corrected chi connectivity index (χ3v) is 5.17. The molecule has 9 heteroatoms. The molecule has 0 unspecified atom stereocenters. The molecule has 7 nitrogen and oxygen atoms in total. The molecule has 0 aliphatic heterocycles. The predicted molar refractivity (Wildman–Crippen MR) is 92.6 cm³/mol. The van der Waals surface area contributed by atoms with Gasteiger partial charge in [0, 0.05) is 19.8 Å². The molecular weight excluding hydrogens is 363 g/mol. The number of nitrogens with zero attached hydrogens (tertiary/aromatic N) is 1. The topological polar surface area (TPSA) is 92.8 Å². The van der Waals surface area contributed by atoms with Crippen LogP contribution >= 0.6 is 0 Å². The number of anilines is 1. The van der Waals surface area contributed by atoms with E-state index in [2.05, 4.69) is 5.32 Å². The van der Waals surface area contributed by atoms with Gasteiger partial charge in [0.2, 0.25) is 10.0 Å². The molecule has 138 valence electrons. The molecule has 0 aromatic heterocycles. The van der Waals surface area contributed by atoms with Gasteiger partial charge in [0.15, 0.2) is 6.61 Å². The number of ether oxygens (including phenoxy) is 1. The van der Waals surface area contributed by atoms with Gasteiger partial charge in [0.1, 0.15) is 5.82 Å². The SMILES string of the molecule is CN(C)S(=O)(=O)c1ccc(NC(=O)COC(=O)c2ccccc2F)cc1. The van der Waals surface area contributed by atoms with Crippen molar-refractivity contribution < 1.29 is 27.1 Å². The van der Waals surface area contributed by atoms with Crippen LogP contribution in [0.4, 0.5) is 10.1 Å². The summed E-state index contributed by atoms with van der Waals surface area (Å²) in [7, 11) is -0.739. The predicted octanol–water partition coefficient (Wildman–Crippen LogP) is 1.87. The fourth-order valence-corrected chi connectivity index (χ4v) is 2.86. The van der Waals surface area contributed by atoms with E-state index in [9.17, 15) is 22.4 Å². The van der Waals surface area contributed by atoms with Crippen LogP contribution in [0, 0.1) is 5.82 Å². The average Bonchev–Trinajstić information content (AvgIpc) is 2.60. The molecule has 2 aromatic carbocycles. The third-order valence-electron chi connectivity index (χ3n) is 3.34. The second kappa shape index (κ2) is 8.07. The number of hydrogen-bond acceptors (Lipinski definition) is 5. The summed E-state index contributed by atoms with van der Waals surface area (Å²) >= 11 is 0. The molecule has 0 heterocycles. The fourth-order valence-electron chi connectivity index (χ4n) is 1.95. The molecule has 2 aromatic rings. The molecule has 0 radical (unpaired) electrons. The summed E-state index contributed by atoms with van der Waals surface area (Å²) in [4.78, 5) is 23.6. The monoisotopic (exact) mass is 380 g/mol. The summed E-state index contributed by atoms with van der Waals surface area (Å²) in [6.45, 7) is -0.606. The largest absolute Gasteiger partial charge is 0.452 e. The Morgan fingerprint density at radius 1 is 1.08 bits per heavy atom. The number of rotatable bonds is 6. The molecule has 0 bridgehead atoms. The Balaban J connectivity index is 1.94. The highest BCUT2D eigenvalue weighted by molar-refractivity contribution is 7.89. The van der Waals surface area contributed by atoms with Gasteiger partial charge in [0.05, 0.1) is 10.5 Å². The second-order valence-electron chi connectivity index (χ2n) is 5.42. The standard InChI is InChI=1S/C17H17FN2O5S/c1-20(2)26(23,24)13-9-7-12(8-10-13)19-16(21)11-25-17(22)14-5-3-4-6-15(14)18/h3-10H,11H2,1-2H3,(H,19,21). The molecular formula is C17H17FN2O5S. The number of sulfonamides is 1. The van der Waals surface area contributed by atoms with E-state index < -0.39 is 34.3 Å². The first-order valence-corrected chi connectivity index (χ1v) is 8.90. The van der Waals surface area contributed by atoms with Crippen molar-refractivity contribution in [2.24, 2.45) is 0 Å². The van der Waals surface area contributed by atoms with Gasteiger partial charge in [-0.25, -0.2) is 21.9 Å². The van der Waals surface area contributed by atoms with Crippen LogP contribution < -0.4 is 5.32 Å². The molecule has 0 atom stereocenters. The van der Waals surface area contributed by atoms with Crippen LogP contribution in [0.5, 0.6) is 0 Å². The van der Waals surface area contributed by atoms with E-state index in [1.54, 1.807) is 0 Å². The Hall–Kier alpha value is -2.78. The first-order chi connectivity index (χ1) is 12.2. The van der Waals surface area contributed by atoms with E-state index in [-0.39, 0.29) is 10.5 Å². The summed E-state index contributed by atoms with van der Waals surface area (Å²) < 4.78 is 43.2. The van der Waals surface area contributed by atoms with Crippen molar-refractivity contribution in [2.45, 2.75) is 4.90 Å². The zero-order valence-corrected chi connectivity index (χ0v) is 14.9. The molecule has 26 heavy (non-hydrogen) atoms. The van der Waals surface area contributed by atoms with Gasteiger partial charge >= 0.3 is 5.97 Å². The minimum Gasteiger partial charge on any atom is -0.452 e. The minimum atomic E-state index is -3.56. The van der Waals surface area contributed by atoms with Gasteiger partial charge < -0.3 is 10.1 Å². The van der Waals surface area contributed by atoms with Gasteiger partial charge in [-0.3, -0.25) is 4.79 Å². The number of benzene rings is 2. The first kappa shape index (κ1) is 19.5. The Morgan fingerprint density at radius 2 is 1.69 bits per heavy atom. The molecule has 1 amide bonds. The van der Waals surface area contributed by atoms with Crippen LogP contribution in [-0.4, -0.2) is 45.3 Å². The van der Waals surface area contributed by atoms with Crippen LogP contribution in [0.15, 0.2) is 53.4 Å². The van der Waals surface area contributed by atoms with Crippen molar-refractivity contribution in [3.05, 3.63) is 59.9 Å². The number of carbonyl (C=O) groups excluding carboxylic acids is 2. The number of esters is 1. The maximum absolute atomic E-state index is 13.4. The van der Waals surface area contributed by atoms with Crippen LogP contribution in [0.2, 0.25) is 0 Å². The van der Waals surface area contributed by atoms with Crippen molar-refractivity contribution in [1.29, 1.82) is 0 Å². The second-order valence-corrected chi connectivity index (χ2v) is 7.57. The maximum Gasteiger partial charge on any atom is 0.341 e. The van der Waals surface area contributed by atoms with E-state index in [1.807, 2.05) is 0 Å². The highest BCUT2D eigenvalue weighted by atomic mass is 32.2. The Morgan fingerprint density at radius 3 is 2.27 bits per heavy atom. The van der Waals surface area contributed by atoms with Crippen LogP contribution in [0.1, 0.15) is 10.4 Å². The molecule has 1 N–H and O–H groups in total. The molecule has 0 aliphatic rings. The lowest BCUT2D eigenvalue weighted by atomic mass is 10.2. The lowest BCUT2D eigenvalue weighted by Crippen LogP contribution is -2.23. The van der Waals surface area contributed by atoms with E-state index in [0.717, 1.165) is 10.4 Å². The molecule has 0 saturated carbocycles. The van der Waals surface area contributed by atoms with Crippen molar-refractivity contribution in [3.63, 3.8) is 0 Å². The number of carbonyl (C=O) groups is 2. The van der Waals surface area contributed by atoms with Gasteiger partial charge in [-0.15, -0.1) is 0 Å². The quantitative estimate of drug-likeness (QED) is 0.773. The normalized spacial score (nSPS) is 11.2. The summed E-state index contributed by atoms with van der Waals surface area (Å²) in [5.41, 5.74) is 0.0631. The lowest BCUT2D eigenvalue weighted by Gasteiger charge is -2.12. The zero-order valence-electron chi connectivity index (χ0n) is 14.1. The van der Waals surface area contributed by atoms with Crippen molar-refractivity contribution in [2.75, 3.05) is 26.0 Å². The van der Waals surface area contributed by atoms with Crippen LogP contribution in [-0.2, 0) is 19.6 Å². The first-order valence-electron chi connectivity index (χ1n) is 7.46. The van der Waals surface area contributed by atoms with Crippen molar-refractivity contribution in [1.82, 2.24) is 4.31 Å². The summed E-state index contributed by atoms with van der Waals surface area (Å²) in [5.74, 6) is -2.33. The van der Waals surface area contributed by atoms with Gasteiger partial charge in [-0.05, 0) is 36.4 Å². The molecule has 0 fully saturated rings. The Bertz CT molecular complexity index is 911. The molecule has 0 spiro atoms. The van der Waals surface area contributed by atoms with E-state index in [1.165, 1.54) is 56.6 Å². The smallest absolute Gasteiger partial charge is 0.341 e. The summed E-state index contributed by atoms with van der Waals surface area (Å²) in [5, 5.41) is 2.45. The minimum absolute atomic E-state index is 0.0754. The lowest BCUT2D eigenvalue weighted by molar-refractivity contribution is -0.119. The highest BCUT2D eigenvalue weighted by Gasteiger charge is 2.17. The fraction of sp³-hybridized carbons (Fsp3) is 0.176. The van der Waals surface area contributed by atoms with Gasteiger partial charge in [-0.2, -0.15) is 0 Å². The van der Waals surface area contributed by atoms with Crippen LogP contribution in [0.25, 0.3) is 0 Å². The Labute approximate surface area is 150 Å². The number of hydrogen-bond donors (Lipinski definition) is 1. The third kappa shape index (κ3) is 4.64. The van der Waals surface area contributed by atoms with E-state index in [0.29, 0.717) is 5.69 Å². The van der Waals surface area contributed by atoms with Crippen LogP contribution in [0.3, 0.4) is 0 Å². The van der Waals surface area contributed by atoms with E-state index in [4.69, 9.17) is 4.74 Å². The molecule has 2 rings (SSSR count). The Kier molecular flexibility index (Phi) is 6.06. The molecule has 0 saturated heterocycles. The highest BCUT2D eigenvalue weighted by Crippen LogP contribution is 2.16. The van der Waals surface area contributed by atoms with Crippen molar-refractivity contribution >= 4 is 27.6 Å². The maximum atomic E-state index is 13.4.